The topological polar surface area (TPSA) is 183 Å². The highest BCUT2D eigenvalue weighted by atomic mass is 19.1. The fourth-order valence-electron chi connectivity index (χ4n) is 9.01. The molecule has 3 N–H and O–H groups in total. The van der Waals surface area contributed by atoms with Crippen molar-refractivity contribution in [3.05, 3.63) is 94.6 Å². The molecule has 3 aliphatic rings. The van der Waals surface area contributed by atoms with E-state index in [1.807, 2.05) is 52.8 Å². The number of hydrogen-bond acceptors (Lipinski definition) is 11. The van der Waals surface area contributed by atoms with E-state index in [9.17, 15) is 19.2 Å². The molecule has 6 aromatic rings. The summed E-state index contributed by atoms with van der Waals surface area (Å²) in [5.74, 6) is -1.55. The Hall–Kier alpha value is -6.55. The maximum atomic E-state index is 16.4. The predicted octanol–water partition coefficient (Wildman–Crippen LogP) is 6.15. The van der Waals surface area contributed by atoms with Crippen molar-refractivity contribution in [1.82, 2.24) is 40.6 Å². The van der Waals surface area contributed by atoms with Gasteiger partial charge >= 0.3 is 0 Å². The van der Waals surface area contributed by atoms with Crippen LogP contribution in [0.25, 0.3) is 33.2 Å². The van der Waals surface area contributed by atoms with Gasteiger partial charge in [0.15, 0.2) is 0 Å². The molecule has 0 bridgehead atoms. The lowest BCUT2D eigenvalue weighted by atomic mass is 9.85. The number of carbonyl (C=O) groups is 4. The number of fused-ring (bicyclic) bond motifs is 4. The van der Waals surface area contributed by atoms with Crippen LogP contribution in [0.2, 0.25) is 0 Å². The smallest absolute Gasteiger partial charge is 0.293 e. The molecule has 15 nitrogen and oxygen atoms in total. The molecule has 0 radical (unpaired) electrons. The van der Waals surface area contributed by atoms with Crippen LogP contribution in [0.15, 0.2) is 59.4 Å². The summed E-state index contributed by atoms with van der Waals surface area (Å²) in [5, 5.41) is 10.7. The molecule has 2 unspecified atom stereocenters. The lowest BCUT2D eigenvalue weighted by molar-refractivity contribution is -0.136. The Bertz CT molecular complexity index is 2820. The number of hydrogen-bond donors (Lipinski definition) is 3. The van der Waals surface area contributed by atoms with E-state index in [1.54, 1.807) is 30.9 Å². The van der Waals surface area contributed by atoms with Crippen LogP contribution in [0.4, 0.5) is 15.8 Å². The number of rotatable bonds is 8. The van der Waals surface area contributed by atoms with Gasteiger partial charge in [-0.3, -0.25) is 34.3 Å². The van der Waals surface area contributed by atoms with Gasteiger partial charge in [-0.2, -0.15) is 4.98 Å². The molecule has 16 heteroatoms. The number of H-pyrrole nitrogens is 1. The molecule has 2 fully saturated rings. The van der Waals surface area contributed by atoms with Gasteiger partial charge in [0, 0.05) is 72.4 Å². The second-order valence-electron chi connectivity index (χ2n) is 18.2. The molecule has 9 rings (SSSR count). The molecule has 6 heterocycles. The number of aromatic amines is 1. The van der Waals surface area contributed by atoms with E-state index < -0.39 is 40.5 Å². The number of nitrogens with zero attached hydrogens (tertiary/aromatic N) is 7. The molecule has 0 aliphatic carbocycles. The minimum absolute atomic E-state index is 0.0796. The average molecular weight is 841 g/mol. The van der Waals surface area contributed by atoms with Crippen molar-refractivity contribution in [2.75, 3.05) is 36.0 Å². The number of carbonyl (C=O) groups excluding carboxylic acids is 4. The highest BCUT2D eigenvalue weighted by molar-refractivity contribution is 6.14. The van der Waals surface area contributed by atoms with Crippen LogP contribution in [0.1, 0.15) is 99.2 Å². The highest BCUT2D eigenvalue weighted by Crippen LogP contribution is 2.44. The molecule has 2 saturated heterocycles. The van der Waals surface area contributed by atoms with Crippen molar-refractivity contribution in [1.29, 1.82) is 0 Å². The first-order valence-electron chi connectivity index (χ1n) is 21.0. The molecule has 3 aromatic heterocycles. The molecule has 62 heavy (non-hydrogen) atoms. The largest absolute Gasteiger partial charge is 0.369 e. The van der Waals surface area contributed by atoms with Crippen molar-refractivity contribution >= 4 is 56.9 Å². The van der Waals surface area contributed by atoms with Crippen LogP contribution < -0.4 is 20.4 Å². The van der Waals surface area contributed by atoms with Crippen molar-refractivity contribution < 1.29 is 28.1 Å². The SMILES string of the molecule is Cc1c(C(C)NC(=O)c2noc(C(C)(C)C)n2)ccc(-c2ncnc3[nH]c4cc(N5CCN(Cc6ccc7c(c6)C(C)(C)C(=O)N7C6CCC(=O)NC6=O)CC5)ccc4c23)c1F. The van der Waals surface area contributed by atoms with Gasteiger partial charge in [0.2, 0.25) is 23.6 Å². The summed E-state index contributed by atoms with van der Waals surface area (Å²) in [6.45, 7) is 17.0. The second kappa shape index (κ2) is 15.1. The van der Waals surface area contributed by atoms with Crippen molar-refractivity contribution in [2.24, 2.45) is 0 Å². The standard InChI is InChI=1S/C46H49FN10O5/c1-24-28(25(2)50-42(60)40-53-43(62-54-40)45(3,4)5)11-12-30(37(24)47)38-36-29-10-9-27(21-32(29)51-39(36)49-23-48-38)56-18-16-55(17-19-56)22-26-8-13-33-31(20-26)46(6,7)44(61)57(33)34-14-15-35(58)52-41(34)59/h8-13,20-21,23,25,34H,14-19,22H2,1-7H3,(H,50,60)(H,48,49,51)(H,52,58,59). The Morgan fingerprint density at radius 3 is 2.53 bits per heavy atom. The van der Waals surface area contributed by atoms with Gasteiger partial charge in [-0.15, -0.1) is 0 Å². The Labute approximate surface area is 357 Å². The fourth-order valence-corrected chi connectivity index (χ4v) is 9.01. The lowest BCUT2D eigenvalue weighted by Gasteiger charge is -2.36. The first-order chi connectivity index (χ1) is 29.5. The zero-order valence-electron chi connectivity index (χ0n) is 35.9. The quantitative estimate of drug-likeness (QED) is 0.150. The summed E-state index contributed by atoms with van der Waals surface area (Å²) in [6.07, 6.45) is 1.95. The third-order valence-corrected chi connectivity index (χ3v) is 12.6. The third kappa shape index (κ3) is 7.05. The second-order valence-corrected chi connectivity index (χ2v) is 18.2. The van der Waals surface area contributed by atoms with Gasteiger partial charge in [-0.25, -0.2) is 14.4 Å². The summed E-state index contributed by atoms with van der Waals surface area (Å²) in [4.78, 5) is 74.2. The van der Waals surface area contributed by atoms with E-state index in [0.717, 1.165) is 71.5 Å². The number of amides is 4. The molecule has 3 aliphatic heterocycles. The molecule has 4 amide bonds. The summed E-state index contributed by atoms with van der Waals surface area (Å²) in [7, 11) is 0. The van der Waals surface area contributed by atoms with E-state index in [-0.39, 0.29) is 24.1 Å². The minimum atomic E-state index is -0.800. The van der Waals surface area contributed by atoms with Crippen LogP contribution in [0.5, 0.6) is 0 Å². The average Bonchev–Trinajstić information content (AvgIpc) is 3.93. The van der Waals surface area contributed by atoms with E-state index in [4.69, 9.17) is 4.52 Å². The highest BCUT2D eigenvalue weighted by Gasteiger charge is 2.49. The van der Waals surface area contributed by atoms with Crippen molar-refractivity contribution in [2.45, 2.75) is 90.8 Å². The number of benzene rings is 3. The first kappa shape index (κ1) is 40.8. The Balaban J connectivity index is 0.887. The molecular formula is C46H49FN10O5. The number of piperazine rings is 1. The molecule has 320 valence electrons. The summed E-state index contributed by atoms with van der Waals surface area (Å²) >= 11 is 0. The lowest BCUT2D eigenvalue weighted by Crippen LogP contribution is -2.55. The van der Waals surface area contributed by atoms with Gasteiger partial charge in [-0.1, -0.05) is 50.2 Å². The van der Waals surface area contributed by atoms with E-state index in [0.29, 0.717) is 40.3 Å². The Morgan fingerprint density at radius 2 is 1.81 bits per heavy atom. The van der Waals surface area contributed by atoms with Gasteiger partial charge in [0.25, 0.3) is 11.7 Å². The maximum Gasteiger partial charge on any atom is 0.293 e. The predicted molar refractivity (Wildman–Crippen MR) is 231 cm³/mol. The third-order valence-electron chi connectivity index (χ3n) is 12.6. The zero-order valence-corrected chi connectivity index (χ0v) is 35.9. The molecule has 0 spiro atoms. The summed E-state index contributed by atoms with van der Waals surface area (Å²) in [5.41, 5.74) is 5.83. The number of anilines is 2. The van der Waals surface area contributed by atoms with Gasteiger partial charge in [0.1, 0.15) is 23.8 Å². The van der Waals surface area contributed by atoms with Crippen LogP contribution in [-0.2, 0) is 31.8 Å². The number of nitrogens with one attached hydrogen (secondary N) is 3. The number of aromatic nitrogens is 5. The number of halogens is 1. The van der Waals surface area contributed by atoms with Crippen LogP contribution in [0, 0.1) is 12.7 Å². The molecule has 3 aromatic carbocycles. The van der Waals surface area contributed by atoms with E-state index >= 15 is 4.39 Å². The monoisotopic (exact) mass is 840 g/mol. The normalized spacial score (nSPS) is 18.7. The van der Waals surface area contributed by atoms with Crippen LogP contribution in [0.3, 0.4) is 0 Å². The molecule has 0 saturated carbocycles. The fraction of sp³-hybridized carbons (Fsp3) is 0.391. The van der Waals surface area contributed by atoms with Crippen LogP contribution >= 0.6 is 0 Å². The van der Waals surface area contributed by atoms with Gasteiger partial charge in [0.05, 0.1) is 22.5 Å². The summed E-state index contributed by atoms with van der Waals surface area (Å²) < 4.78 is 21.6. The minimum Gasteiger partial charge on any atom is -0.369 e. The Kier molecular flexibility index (Phi) is 9.95. The van der Waals surface area contributed by atoms with Crippen LogP contribution in [-0.4, -0.2) is 85.8 Å². The number of piperidine rings is 1. The summed E-state index contributed by atoms with van der Waals surface area (Å²) in [6, 6.07) is 14.5. The van der Waals surface area contributed by atoms with E-state index in [1.165, 1.54) is 6.33 Å². The van der Waals surface area contributed by atoms with E-state index in [2.05, 4.69) is 63.7 Å². The molecular weight excluding hydrogens is 792 g/mol. The first-order valence-corrected chi connectivity index (χ1v) is 21.0. The van der Waals surface area contributed by atoms with Crippen molar-refractivity contribution in [3.8, 4) is 11.3 Å². The maximum absolute atomic E-state index is 16.4. The number of imide groups is 1. The van der Waals surface area contributed by atoms with Gasteiger partial charge < -0.3 is 19.7 Å². The Morgan fingerprint density at radius 1 is 1.03 bits per heavy atom. The van der Waals surface area contributed by atoms with Crippen molar-refractivity contribution in [3.63, 3.8) is 0 Å². The zero-order chi connectivity index (χ0) is 43.8. The molecule has 2 atom stereocenters. The van der Waals surface area contributed by atoms with Gasteiger partial charge in [-0.05, 0) is 80.6 Å².